The van der Waals surface area contributed by atoms with Crippen LogP contribution in [0.15, 0.2) is 18.2 Å². The molecule has 1 aromatic rings. The van der Waals surface area contributed by atoms with Crippen LogP contribution in [-0.2, 0) is 0 Å². The highest BCUT2D eigenvalue weighted by molar-refractivity contribution is 5.68. The van der Waals surface area contributed by atoms with Crippen molar-refractivity contribution in [3.8, 4) is 6.07 Å². The maximum Gasteiger partial charge on any atom is 0.0992 e. The van der Waals surface area contributed by atoms with Crippen LogP contribution in [0.1, 0.15) is 19.4 Å². The summed E-state index contributed by atoms with van der Waals surface area (Å²) in [6.45, 7) is 4.36. The van der Waals surface area contributed by atoms with Gasteiger partial charge in [0.1, 0.15) is 0 Å². The molecule has 1 unspecified atom stereocenters. The fraction of sp³-hybridized carbons (Fsp3) is 0.417. The first kappa shape index (κ1) is 12.3. The van der Waals surface area contributed by atoms with Crippen LogP contribution in [0.2, 0.25) is 0 Å². The van der Waals surface area contributed by atoms with Gasteiger partial charge >= 0.3 is 0 Å². The molecule has 0 spiro atoms. The first-order valence-corrected chi connectivity index (χ1v) is 5.26. The molecular formula is C12H17N3O. The quantitative estimate of drug-likeness (QED) is 0.671. The van der Waals surface area contributed by atoms with E-state index in [1.165, 1.54) is 0 Å². The molecule has 16 heavy (non-hydrogen) atoms. The second-order valence-electron chi connectivity index (χ2n) is 4.11. The summed E-state index contributed by atoms with van der Waals surface area (Å²) in [5, 5.41) is 21.4. The number of nitrogens with zero attached hydrogens (tertiary/aromatic N) is 1. The summed E-state index contributed by atoms with van der Waals surface area (Å²) in [5.41, 5.74) is 7.57. The average molecular weight is 219 g/mol. The fourth-order valence-corrected chi connectivity index (χ4v) is 1.24. The van der Waals surface area contributed by atoms with Crippen LogP contribution in [0.5, 0.6) is 0 Å². The molecule has 0 bridgehead atoms. The van der Waals surface area contributed by atoms with Crippen LogP contribution in [0, 0.1) is 17.2 Å². The third-order valence-corrected chi connectivity index (χ3v) is 2.45. The van der Waals surface area contributed by atoms with Crippen molar-refractivity contribution in [2.75, 3.05) is 17.6 Å². The fourth-order valence-electron chi connectivity index (χ4n) is 1.24. The van der Waals surface area contributed by atoms with Crippen molar-refractivity contribution >= 4 is 11.4 Å². The summed E-state index contributed by atoms with van der Waals surface area (Å²) in [4.78, 5) is 0. The number of aliphatic hydroxyl groups excluding tert-OH is 1. The number of benzene rings is 1. The Morgan fingerprint density at radius 1 is 1.50 bits per heavy atom. The number of nitrogen functional groups attached to an aromatic ring is 1. The Hall–Kier alpha value is -1.73. The Bertz CT molecular complexity index is 396. The van der Waals surface area contributed by atoms with Crippen LogP contribution in [0.4, 0.5) is 11.4 Å². The zero-order valence-electron chi connectivity index (χ0n) is 9.57. The lowest BCUT2D eigenvalue weighted by Gasteiger charge is -2.16. The van der Waals surface area contributed by atoms with Crippen molar-refractivity contribution in [2.45, 2.75) is 20.0 Å². The van der Waals surface area contributed by atoms with Gasteiger partial charge in [-0.25, -0.2) is 0 Å². The van der Waals surface area contributed by atoms with Gasteiger partial charge in [-0.2, -0.15) is 5.26 Å². The van der Waals surface area contributed by atoms with Crippen molar-refractivity contribution < 1.29 is 5.11 Å². The zero-order chi connectivity index (χ0) is 12.1. The van der Waals surface area contributed by atoms with Gasteiger partial charge in [-0.15, -0.1) is 0 Å². The van der Waals surface area contributed by atoms with Gasteiger partial charge in [0.05, 0.1) is 29.1 Å². The topological polar surface area (TPSA) is 82.1 Å². The molecular weight excluding hydrogens is 202 g/mol. The lowest BCUT2D eigenvalue weighted by Crippen LogP contribution is -2.25. The number of hydrogen-bond acceptors (Lipinski definition) is 4. The van der Waals surface area contributed by atoms with Gasteiger partial charge in [0, 0.05) is 6.54 Å². The second-order valence-corrected chi connectivity index (χ2v) is 4.11. The Morgan fingerprint density at radius 3 is 2.69 bits per heavy atom. The number of rotatable bonds is 4. The molecule has 0 saturated carbocycles. The lowest BCUT2D eigenvalue weighted by molar-refractivity contribution is 0.138. The SMILES string of the molecule is CC(C)C(O)CNc1ccc(C#N)cc1N. The van der Waals surface area contributed by atoms with Gasteiger partial charge in [-0.05, 0) is 24.1 Å². The van der Waals surface area contributed by atoms with Crippen LogP contribution in [0.3, 0.4) is 0 Å². The number of aliphatic hydroxyl groups is 1. The van der Waals surface area contributed by atoms with E-state index in [-0.39, 0.29) is 5.92 Å². The van der Waals surface area contributed by atoms with Crippen LogP contribution < -0.4 is 11.1 Å². The number of nitriles is 1. The summed E-state index contributed by atoms with van der Waals surface area (Å²) in [6.07, 6.45) is -0.407. The van der Waals surface area contributed by atoms with Crippen molar-refractivity contribution in [1.82, 2.24) is 0 Å². The molecule has 1 aromatic carbocycles. The third kappa shape index (κ3) is 3.14. The van der Waals surface area contributed by atoms with Crippen LogP contribution in [-0.4, -0.2) is 17.8 Å². The summed E-state index contributed by atoms with van der Waals surface area (Å²) < 4.78 is 0. The maximum absolute atomic E-state index is 9.62. The Kier molecular flexibility index (Phi) is 4.15. The van der Waals surface area contributed by atoms with Gasteiger partial charge in [0.2, 0.25) is 0 Å². The highest BCUT2D eigenvalue weighted by Gasteiger charge is 2.09. The highest BCUT2D eigenvalue weighted by atomic mass is 16.3. The number of nitrogens with one attached hydrogen (secondary N) is 1. The molecule has 0 aromatic heterocycles. The predicted octanol–water partition coefficient (Wildman–Crippen LogP) is 1.57. The Morgan fingerprint density at radius 2 is 2.19 bits per heavy atom. The van der Waals surface area contributed by atoms with Crippen molar-refractivity contribution in [1.29, 1.82) is 5.26 Å². The molecule has 4 N–H and O–H groups in total. The molecule has 0 aliphatic carbocycles. The molecule has 0 fully saturated rings. The number of nitrogens with two attached hydrogens (primary N) is 1. The predicted molar refractivity (Wildman–Crippen MR) is 64.9 cm³/mol. The molecule has 1 atom stereocenters. The molecule has 1 rings (SSSR count). The summed E-state index contributed by atoms with van der Waals surface area (Å²) in [7, 11) is 0. The largest absolute Gasteiger partial charge is 0.397 e. The van der Waals surface area contributed by atoms with Gasteiger partial charge in [0.25, 0.3) is 0 Å². The van der Waals surface area contributed by atoms with E-state index in [2.05, 4.69) is 5.32 Å². The average Bonchev–Trinajstić information content (AvgIpc) is 2.26. The number of anilines is 2. The van der Waals surface area contributed by atoms with E-state index >= 15 is 0 Å². The van der Waals surface area contributed by atoms with Crippen molar-refractivity contribution in [3.63, 3.8) is 0 Å². The second kappa shape index (κ2) is 5.38. The molecule has 0 saturated heterocycles. The number of hydrogen-bond donors (Lipinski definition) is 3. The van der Waals surface area contributed by atoms with Gasteiger partial charge in [0.15, 0.2) is 0 Å². The minimum Gasteiger partial charge on any atom is -0.397 e. The highest BCUT2D eigenvalue weighted by Crippen LogP contribution is 2.19. The maximum atomic E-state index is 9.62. The first-order chi connectivity index (χ1) is 7.54. The van der Waals surface area contributed by atoms with Gasteiger partial charge in [-0.3, -0.25) is 0 Å². The summed E-state index contributed by atoms with van der Waals surface area (Å²) in [5.74, 6) is 0.201. The van der Waals surface area contributed by atoms with Gasteiger partial charge in [-0.1, -0.05) is 13.8 Å². The van der Waals surface area contributed by atoms with Crippen molar-refractivity contribution in [2.24, 2.45) is 5.92 Å². The molecule has 0 aliphatic heterocycles. The van der Waals surface area contributed by atoms with E-state index in [1.807, 2.05) is 19.9 Å². The molecule has 0 heterocycles. The monoisotopic (exact) mass is 219 g/mol. The third-order valence-electron chi connectivity index (χ3n) is 2.45. The smallest absolute Gasteiger partial charge is 0.0992 e. The minimum absolute atomic E-state index is 0.201. The van der Waals surface area contributed by atoms with Crippen molar-refractivity contribution in [3.05, 3.63) is 23.8 Å². The Balaban J connectivity index is 2.65. The van der Waals surface area contributed by atoms with E-state index in [0.29, 0.717) is 17.8 Å². The molecule has 0 radical (unpaired) electrons. The standard InChI is InChI=1S/C12H17N3O/c1-8(2)12(16)7-15-11-4-3-9(6-13)5-10(11)14/h3-5,8,12,15-16H,7,14H2,1-2H3. The molecule has 86 valence electrons. The lowest BCUT2D eigenvalue weighted by atomic mass is 10.1. The summed E-state index contributed by atoms with van der Waals surface area (Å²) in [6, 6.07) is 7.08. The molecule has 4 heteroatoms. The minimum atomic E-state index is -0.407. The van der Waals surface area contributed by atoms with E-state index in [4.69, 9.17) is 11.0 Å². The van der Waals surface area contributed by atoms with E-state index in [0.717, 1.165) is 5.69 Å². The van der Waals surface area contributed by atoms with Crippen LogP contribution in [0.25, 0.3) is 0 Å². The first-order valence-electron chi connectivity index (χ1n) is 5.26. The summed E-state index contributed by atoms with van der Waals surface area (Å²) >= 11 is 0. The zero-order valence-corrected chi connectivity index (χ0v) is 9.57. The molecule has 0 amide bonds. The van der Waals surface area contributed by atoms with E-state index < -0.39 is 6.10 Å². The molecule has 0 aliphatic rings. The van der Waals surface area contributed by atoms with Gasteiger partial charge < -0.3 is 16.2 Å². The normalized spacial score (nSPS) is 12.2. The van der Waals surface area contributed by atoms with E-state index in [1.54, 1.807) is 18.2 Å². The molecule has 4 nitrogen and oxygen atoms in total. The Labute approximate surface area is 95.7 Å². The van der Waals surface area contributed by atoms with E-state index in [9.17, 15) is 5.11 Å². The van der Waals surface area contributed by atoms with Crippen LogP contribution >= 0.6 is 0 Å².